The van der Waals surface area contributed by atoms with Gasteiger partial charge in [0, 0.05) is 26.9 Å². The Bertz CT molecular complexity index is 2660. The van der Waals surface area contributed by atoms with Crippen molar-refractivity contribution in [1.29, 1.82) is 0 Å². The van der Waals surface area contributed by atoms with Crippen LogP contribution in [0.15, 0.2) is 204 Å². The van der Waals surface area contributed by atoms with E-state index in [1.165, 1.54) is 69.9 Å². The third-order valence-corrected chi connectivity index (χ3v) is 11.1. The first kappa shape index (κ1) is 30.9. The molecule has 0 radical (unpaired) electrons. The predicted molar refractivity (Wildman–Crippen MR) is 220 cm³/mol. The normalized spacial score (nSPS) is 11.3. The number of benzene rings is 9. The molecule has 0 heterocycles. The lowest BCUT2D eigenvalue weighted by Crippen LogP contribution is -2.10. The smallest absolute Gasteiger partial charge is 0.0468 e. The van der Waals surface area contributed by atoms with E-state index in [9.17, 15) is 0 Å². The Hall–Kier alpha value is -6.09. The van der Waals surface area contributed by atoms with Gasteiger partial charge in [-0.15, -0.1) is 0 Å². The third kappa shape index (κ3) is 5.94. The highest BCUT2D eigenvalue weighted by molar-refractivity contribution is 7.99. The Labute approximate surface area is 303 Å². The van der Waals surface area contributed by atoms with Gasteiger partial charge in [0.25, 0.3) is 0 Å². The number of anilines is 3. The van der Waals surface area contributed by atoms with E-state index in [1.807, 2.05) is 11.8 Å². The van der Waals surface area contributed by atoms with Crippen LogP contribution < -0.4 is 4.90 Å². The van der Waals surface area contributed by atoms with E-state index in [0.717, 1.165) is 17.1 Å². The summed E-state index contributed by atoms with van der Waals surface area (Å²) in [6.07, 6.45) is 0. The first-order valence-electron chi connectivity index (χ1n) is 17.4. The van der Waals surface area contributed by atoms with Crippen LogP contribution in [0.4, 0.5) is 17.1 Å². The maximum absolute atomic E-state index is 2.39. The molecule has 0 N–H and O–H groups in total. The molecule has 242 valence electrons. The van der Waals surface area contributed by atoms with Gasteiger partial charge < -0.3 is 4.90 Å². The quantitative estimate of drug-likeness (QED) is 0.155. The van der Waals surface area contributed by atoms with Crippen LogP contribution in [0.3, 0.4) is 0 Å². The molecular formula is C49H35NS. The van der Waals surface area contributed by atoms with Gasteiger partial charge in [-0.05, 0) is 116 Å². The van der Waals surface area contributed by atoms with Crippen molar-refractivity contribution >= 4 is 61.1 Å². The number of rotatable bonds is 7. The summed E-state index contributed by atoms with van der Waals surface area (Å²) in [5.74, 6) is 0. The standard InChI is InChI=1S/C49H35NS/c1-34-12-10-21-45(49(34)51-43-18-6-3-7-19-43)37-22-27-40(28-23-37)50(41-17-11-16-39(32-41)35-13-4-2-5-14-35)42-29-24-38-26-30-46-44-20-9-8-15-36(44)25-31-47(46)48(38)33-42/h2-33H,1H3. The predicted octanol–water partition coefficient (Wildman–Crippen LogP) is 14.4. The fourth-order valence-corrected chi connectivity index (χ4v) is 8.31. The van der Waals surface area contributed by atoms with E-state index in [4.69, 9.17) is 0 Å². The van der Waals surface area contributed by atoms with Crippen LogP contribution >= 0.6 is 11.8 Å². The second-order valence-electron chi connectivity index (χ2n) is 13.0. The molecule has 0 unspecified atom stereocenters. The Morgan fingerprint density at radius 3 is 1.78 bits per heavy atom. The lowest BCUT2D eigenvalue weighted by molar-refractivity contribution is 1.28. The van der Waals surface area contributed by atoms with Crippen LogP contribution in [0.5, 0.6) is 0 Å². The summed E-state index contributed by atoms with van der Waals surface area (Å²) >= 11 is 1.83. The van der Waals surface area contributed by atoms with Gasteiger partial charge in [-0.25, -0.2) is 0 Å². The van der Waals surface area contributed by atoms with Gasteiger partial charge in [0.2, 0.25) is 0 Å². The van der Waals surface area contributed by atoms with E-state index in [0.29, 0.717) is 0 Å². The molecule has 0 amide bonds. The van der Waals surface area contributed by atoms with Crippen LogP contribution in [0, 0.1) is 6.92 Å². The van der Waals surface area contributed by atoms with E-state index in [2.05, 4.69) is 206 Å². The van der Waals surface area contributed by atoms with Crippen LogP contribution in [0.2, 0.25) is 0 Å². The minimum atomic E-state index is 1.11. The van der Waals surface area contributed by atoms with Gasteiger partial charge in [-0.3, -0.25) is 0 Å². The monoisotopic (exact) mass is 669 g/mol. The van der Waals surface area contributed by atoms with Gasteiger partial charge in [0.15, 0.2) is 0 Å². The second-order valence-corrected chi connectivity index (χ2v) is 14.1. The molecule has 0 aliphatic rings. The minimum Gasteiger partial charge on any atom is -0.310 e. The van der Waals surface area contributed by atoms with Gasteiger partial charge in [0.05, 0.1) is 0 Å². The Kier molecular flexibility index (Phi) is 8.08. The summed E-state index contributed by atoms with van der Waals surface area (Å²) in [7, 11) is 0. The zero-order valence-electron chi connectivity index (χ0n) is 28.3. The topological polar surface area (TPSA) is 3.24 Å². The molecule has 9 rings (SSSR count). The molecule has 0 atom stereocenters. The summed E-state index contributed by atoms with van der Waals surface area (Å²) in [6, 6.07) is 70.5. The number of fused-ring (bicyclic) bond motifs is 5. The Balaban J connectivity index is 1.19. The second kappa shape index (κ2) is 13.3. The van der Waals surface area contributed by atoms with Gasteiger partial charge in [-0.2, -0.15) is 0 Å². The molecule has 9 aromatic carbocycles. The number of hydrogen-bond donors (Lipinski definition) is 0. The molecule has 0 aliphatic carbocycles. The van der Waals surface area contributed by atoms with Crippen molar-refractivity contribution in [3.63, 3.8) is 0 Å². The third-order valence-electron chi connectivity index (χ3n) is 9.81. The van der Waals surface area contributed by atoms with Crippen LogP contribution in [0.1, 0.15) is 5.56 Å². The van der Waals surface area contributed by atoms with Gasteiger partial charge >= 0.3 is 0 Å². The molecule has 0 bridgehead atoms. The summed E-state index contributed by atoms with van der Waals surface area (Å²) in [4.78, 5) is 4.93. The molecule has 0 spiro atoms. The summed E-state index contributed by atoms with van der Waals surface area (Å²) in [6.45, 7) is 2.21. The molecule has 51 heavy (non-hydrogen) atoms. The van der Waals surface area contributed by atoms with Crippen molar-refractivity contribution in [2.24, 2.45) is 0 Å². The summed E-state index contributed by atoms with van der Waals surface area (Å²) < 4.78 is 0. The van der Waals surface area contributed by atoms with Crippen molar-refractivity contribution in [3.8, 4) is 22.3 Å². The fraction of sp³-hybridized carbons (Fsp3) is 0.0204. The lowest BCUT2D eigenvalue weighted by atomic mass is 9.96. The SMILES string of the molecule is Cc1cccc(-c2ccc(N(c3cccc(-c4ccccc4)c3)c3ccc4ccc5c6ccccc6ccc5c4c3)cc2)c1Sc1ccccc1. The van der Waals surface area contributed by atoms with E-state index >= 15 is 0 Å². The summed E-state index contributed by atoms with van der Waals surface area (Å²) in [5.41, 5.74) is 9.47. The lowest BCUT2D eigenvalue weighted by Gasteiger charge is -2.27. The fourth-order valence-electron chi connectivity index (χ4n) is 7.26. The number of nitrogens with zero attached hydrogens (tertiary/aromatic N) is 1. The van der Waals surface area contributed by atoms with Gasteiger partial charge in [-0.1, -0.05) is 157 Å². The maximum Gasteiger partial charge on any atom is 0.0468 e. The van der Waals surface area contributed by atoms with E-state index in [-0.39, 0.29) is 0 Å². The molecule has 0 saturated carbocycles. The van der Waals surface area contributed by atoms with E-state index in [1.54, 1.807) is 0 Å². The molecule has 2 heteroatoms. The molecule has 1 nitrogen and oxygen atoms in total. The summed E-state index contributed by atoms with van der Waals surface area (Å²) in [5, 5.41) is 7.58. The molecule has 0 aliphatic heterocycles. The zero-order valence-corrected chi connectivity index (χ0v) is 29.1. The highest BCUT2D eigenvalue weighted by atomic mass is 32.2. The maximum atomic E-state index is 2.39. The largest absolute Gasteiger partial charge is 0.310 e. The van der Waals surface area contributed by atoms with Crippen LogP contribution in [-0.4, -0.2) is 0 Å². The first-order chi connectivity index (χ1) is 25.2. The average molecular weight is 670 g/mol. The Morgan fingerprint density at radius 2 is 0.980 bits per heavy atom. The molecular weight excluding hydrogens is 635 g/mol. The average Bonchev–Trinajstić information content (AvgIpc) is 3.20. The van der Waals surface area contributed by atoms with Crippen molar-refractivity contribution in [2.75, 3.05) is 4.90 Å². The van der Waals surface area contributed by atoms with E-state index < -0.39 is 0 Å². The van der Waals surface area contributed by atoms with Gasteiger partial charge in [0.1, 0.15) is 0 Å². The molecule has 0 fully saturated rings. The van der Waals surface area contributed by atoms with Crippen LogP contribution in [0.25, 0.3) is 54.6 Å². The highest BCUT2D eigenvalue weighted by Crippen LogP contribution is 2.42. The van der Waals surface area contributed by atoms with Crippen LogP contribution in [-0.2, 0) is 0 Å². The molecule has 0 saturated heterocycles. The van der Waals surface area contributed by atoms with Crippen molar-refractivity contribution in [3.05, 3.63) is 200 Å². The van der Waals surface area contributed by atoms with Crippen molar-refractivity contribution < 1.29 is 0 Å². The highest BCUT2D eigenvalue weighted by Gasteiger charge is 2.17. The number of hydrogen-bond acceptors (Lipinski definition) is 2. The number of aryl methyl sites for hydroxylation is 1. The van der Waals surface area contributed by atoms with Crippen molar-refractivity contribution in [1.82, 2.24) is 0 Å². The Morgan fingerprint density at radius 1 is 0.373 bits per heavy atom. The van der Waals surface area contributed by atoms with Crippen molar-refractivity contribution in [2.45, 2.75) is 16.7 Å². The minimum absolute atomic E-state index is 1.11. The molecule has 0 aromatic heterocycles. The zero-order chi connectivity index (χ0) is 34.1. The first-order valence-corrected chi connectivity index (χ1v) is 18.2. The molecule has 9 aromatic rings.